The summed E-state index contributed by atoms with van der Waals surface area (Å²) in [4.78, 5) is 14.5. The van der Waals surface area contributed by atoms with Crippen molar-refractivity contribution in [3.63, 3.8) is 0 Å². The third-order valence-electron chi connectivity index (χ3n) is 5.73. The van der Waals surface area contributed by atoms with Gasteiger partial charge in [0.1, 0.15) is 0 Å². The first-order valence-corrected chi connectivity index (χ1v) is 12.0. The van der Waals surface area contributed by atoms with Crippen LogP contribution in [0.5, 0.6) is 0 Å². The quantitative estimate of drug-likeness (QED) is 0.745. The van der Waals surface area contributed by atoms with Crippen molar-refractivity contribution in [3.05, 3.63) is 45.7 Å². The molecule has 11 heteroatoms. The van der Waals surface area contributed by atoms with Crippen molar-refractivity contribution in [2.75, 3.05) is 26.2 Å². The molecule has 0 bridgehead atoms. The summed E-state index contributed by atoms with van der Waals surface area (Å²) in [5.74, 6) is 0. The molecule has 1 aromatic heterocycles. The molecule has 1 aromatic carbocycles. The summed E-state index contributed by atoms with van der Waals surface area (Å²) >= 11 is 11.9. The molecule has 2 amide bonds. The number of benzene rings is 1. The summed E-state index contributed by atoms with van der Waals surface area (Å²) in [5, 5.41) is 7.89. The number of hydrogen-bond donors (Lipinski definition) is 1. The summed E-state index contributed by atoms with van der Waals surface area (Å²) in [6.45, 7) is 1.08. The number of amides is 2. The van der Waals surface area contributed by atoms with E-state index in [1.807, 2.05) is 17.9 Å². The Morgan fingerprint density at radius 2 is 1.90 bits per heavy atom. The highest BCUT2D eigenvalue weighted by atomic mass is 35.5. The van der Waals surface area contributed by atoms with E-state index in [0.717, 1.165) is 30.5 Å². The third kappa shape index (κ3) is 4.03. The molecule has 1 atom stereocenters. The average molecular weight is 472 g/mol. The number of aryl methyl sites for hydroxylation is 1. The lowest BCUT2D eigenvalue weighted by atomic mass is 9.93. The van der Waals surface area contributed by atoms with Crippen LogP contribution in [0.1, 0.15) is 30.1 Å². The number of rotatable bonds is 3. The van der Waals surface area contributed by atoms with Crippen LogP contribution in [0.4, 0.5) is 4.79 Å². The molecular weight excluding hydrogens is 449 g/mol. The summed E-state index contributed by atoms with van der Waals surface area (Å²) in [7, 11) is -1.78. The van der Waals surface area contributed by atoms with Gasteiger partial charge in [-0.3, -0.25) is 4.68 Å². The van der Waals surface area contributed by atoms with Crippen molar-refractivity contribution in [3.8, 4) is 0 Å². The van der Waals surface area contributed by atoms with Crippen LogP contribution in [0.3, 0.4) is 0 Å². The molecule has 30 heavy (non-hydrogen) atoms. The van der Waals surface area contributed by atoms with E-state index in [4.69, 9.17) is 23.2 Å². The number of nitrogens with zero attached hydrogens (tertiary/aromatic N) is 4. The number of carbonyl (C=O) groups is 1. The minimum absolute atomic E-state index is 0.0621. The van der Waals surface area contributed by atoms with Crippen LogP contribution >= 0.6 is 23.2 Å². The molecule has 2 aliphatic rings. The standard InChI is InChI=1S/C19H23Cl2N5O3S/c1-24-18-4-2-3-17(14(18)12-22-24)23-19(27)25-7-9-26(10-8-25)30(28,29)13-5-6-15(20)16(21)11-13/h5-6,11-12,17H,2-4,7-10H2,1H3,(H,23,27). The molecule has 1 unspecified atom stereocenters. The molecular formula is C19H23Cl2N5O3S. The number of piperazine rings is 1. The molecule has 2 aromatic rings. The molecule has 1 saturated heterocycles. The fraction of sp³-hybridized carbons (Fsp3) is 0.474. The topological polar surface area (TPSA) is 87.5 Å². The van der Waals surface area contributed by atoms with E-state index in [-0.39, 0.29) is 35.1 Å². The third-order valence-corrected chi connectivity index (χ3v) is 8.36. The second-order valence-corrected chi connectivity index (χ2v) is 10.3. The Morgan fingerprint density at radius 1 is 1.17 bits per heavy atom. The Bertz CT molecular complexity index is 1060. The van der Waals surface area contributed by atoms with Crippen molar-refractivity contribution in [1.82, 2.24) is 24.3 Å². The fourth-order valence-corrected chi connectivity index (χ4v) is 5.83. The molecule has 0 radical (unpaired) electrons. The number of urea groups is 1. The zero-order valence-corrected chi connectivity index (χ0v) is 18.8. The van der Waals surface area contributed by atoms with E-state index in [0.29, 0.717) is 18.1 Å². The van der Waals surface area contributed by atoms with Crippen LogP contribution in [0.25, 0.3) is 0 Å². The molecule has 0 spiro atoms. The predicted molar refractivity (Wildman–Crippen MR) is 114 cm³/mol. The number of sulfonamides is 1. The minimum Gasteiger partial charge on any atom is -0.331 e. The van der Waals surface area contributed by atoms with Crippen LogP contribution in [0.2, 0.25) is 10.0 Å². The van der Waals surface area contributed by atoms with Gasteiger partial charge in [0.05, 0.1) is 27.2 Å². The van der Waals surface area contributed by atoms with Gasteiger partial charge in [-0.2, -0.15) is 9.40 Å². The van der Waals surface area contributed by atoms with Crippen LogP contribution in [-0.2, 0) is 23.5 Å². The molecule has 0 saturated carbocycles. The first-order valence-electron chi connectivity index (χ1n) is 9.79. The zero-order chi connectivity index (χ0) is 21.5. The zero-order valence-electron chi connectivity index (χ0n) is 16.5. The SMILES string of the molecule is Cn1ncc2c1CCCC2NC(=O)N1CCN(S(=O)(=O)c2ccc(Cl)c(Cl)c2)CC1. The van der Waals surface area contributed by atoms with Gasteiger partial charge in [0.15, 0.2) is 0 Å². The Labute approximate surface area is 185 Å². The van der Waals surface area contributed by atoms with Gasteiger partial charge < -0.3 is 10.2 Å². The maximum Gasteiger partial charge on any atom is 0.317 e. The Kier molecular flexibility index (Phi) is 5.98. The van der Waals surface area contributed by atoms with Gasteiger partial charge in [-0.15, -0.1) is 0 Å². The van der Waals surface area contributed by atoms with Gasteiger partial charge >= 0.3 is 6.03 Å². The highest BCUT2D eigenvalue weighted by Crippen LogP contribution is 2.30. The van der Waals surface area contributed by atoms with E-state index in [1.54, 1.807) is 4.90 Å². The van der Waals surface area contributed by atoms with Crippen molar-refractivity contribution < 1.29 is 13.2 Å². The predicted octanol–water partition coefficient (Wildman–Crippen LogP) is 2.82. The summed E-state index contributed by atoms with van der Waals surface area (Å²) in [5.41, 5.74) is 2.22. The minimum atomic E-state index is -3.69. The van der Waals surface area contributed by atoms with Crippen molar-refractivity contribution in [1.29, 1.82) is 0 Å². The molecule has 2 heterocycles. The van der Waals surface area contributed by atoms with Gasteiger partial charge in [0.2, 0.25) is 10.0 Å². The van der Waals surface area contributed by atoms with Gasteiger partial charge in [-0.05, 0) is 37.5 Å². The van der Waals surface area contributed by atoms with E-state index >= 15 is 0 Å². The number of nitrogens with one attached hydrogen (secondary N) is 1. The first kappa shape index (κ1) is 21.4. The lowest BCUT2D eigenvalue weighted by Crippen LogP contribution is -2.53. The monoisotopic (exact) mass is 471 g/mol. The normalized spacial score (nSPS) is 20.1. The molecule has 162 valence electrons. The van der Waals surface area contributed by atoms with Crippen molar-refractivity contribution >= 4 is 39.3 Å². The maximum absolute atomic E-state index is 12.9. The number of halogens is 2. The van der Waals surface area contributed by atoms with Crippen LogP contribution < -0.4 is 5.32 Å². The van der Waals surface area contributed by atoms with Crippen LogP contribution in [0, 0.1) is 0 Å². The van der Waals surface area contributed by atoms with Gasteiger partial charge in [0.25, 0.3) is 0 Å². The average Bonchev–Trinajstić information content (AvgIpc) is 3.12. The second kappa shape index (κ2) is 8.37. The van der Waals surface area contributed by atoms with E-state index in [2.05, 4.69) is 10.4 Å². The van der Waals surface area contributed by atoms with Gasteiger partial charge in [-0.1, -0.05) is 23.2 Å². The van der Waals surface area contributed by atoms with E-state index in [9.17, 15) is 13.2 Å². The van der Waals surface area contributed by atoms with E-state index < -0.39 is 10.0 Å². The summed E-state index contributed by atoms with van der Waals surface area (Å²) in [6.07, 6.45) is 4.65. The molecule has 1 fully saturated rings. The molecule has 8 nitrogen and oxygen atoms in total. The van der Waals surface area contributed by atoms with Gasteiger partial charge in [-0.25, -0.2) is 13.2 Å². The van der Waals surface area contributed by atoms with Crippen LogP contribution in [-0.4, -0.2) is 59.6 Å². The summed E-state index contributed by atoms with van der Waals surface area (Å²) < 4.78 is 29.0. The molecule has 1 aliphatic carbocycles. The van der Waals surface area contributed by atoms with Crippen LogP contribution in [0.15, 0.2) is 29.3 Å². The molecule has 1 aliphatic heterocycles. The Morgan fingerprint density at radius 3 is 2.60 bits per heavy atom. The highest BCUT2D eigenvalue weighted by Gasteiger charge is 2.32. The smallest absolute Gasteiger partial charge is 0.317 e. The lowest BCUT2D eigenvalue weighted by Gasteiger charge is -2.35. The number of hydrogen-bond acceptors (Lipinski definition) is 4. The number of aromatic nitrogens is 2. The number of fused-ring (bicyclic) bond motifs is 1. The van der Waals surface area contributed by atoms with E-state index in [1.165, 1.54) is 22.5 Å². The molecule has 4 rings (SSSR count). The fourth-order valence-electron chi connectivity index (χ4n) is 4.01. The highest BCUT2D eigenvalue weighted by molar-refractivity contribution is 7.89. The maximum atomic E-state index is 12.9. The Hall–Kier alpha value is -1.81. The Balaban J connectivity index is 1.38. The first-order chi connectivity index (χ1) is 14.3. The largest absolute Gasteiger partial charge is 0.331 e. The second-order valence-electron chi connectivity index (χ2n) is 7.53. The van der Waals surface area contributed by atoms with Crippen molar-refractivity contribution in [2.45, 2.75) is 30.2 Å². The molecule has 1 N–H and O–H groups in total. The van der Waals surface area contributed by atoms with Gasteiger partial charge in [0, 0.05) is 44.5 Å². The lowest BCUT2D eigenvalue weighted by molar-refractivity contribution is 0.168. The number of carbonyl (C=O) groups excluding carboxylic acids is 1. The van der Waals surface area contributed by atoms with Crippen molar-refractivity contribution in [2.24, 2.45) is 7.05 Å². The summed E-state index contributed by atoms with van der Waals surface area (Å²) in [6, 6.07) is 4.03.